The van der Waals surface area contributed by atoms with E-state index >= 15 is 0 Å². The van der Waals surface area contributed by atoms with Crippen molar-refractivity contribution in [1.29, 1.82) is 0 Å². The summed E-state index contributed by atoms with van der Waals surface area (Å²) in [4.78, 5) is 83.8. The first-order valence-corrected chi connectivity index (χ1v) is 24.2. The molecule has 0 saturated carbocycles. The minimum atomic E-state index is -1.64. The van der Waals surface area contributed by atoms with Crippen LogP contribution in [-0.2, 0) is 42.6 Å². The van der Waals surface area contributed by atoms with Gasteiger partial charge in [-0.05, 0) is 85.5 Å². The van der Waals surface area contributed by atoms with Crippen LogP contribution in [-0.4, -0.2) is 109 Å². The van der Waals surface area contributed by atoms with Crippen molar-refractivity contribution in [3.63, 3.8) is 0 Å². The third-order valence-electron chi connectivity index (χ3n) is 11.6. The molecule has 0 amide bonds. The molecule has 10 atom stereocenters. The van der Waals surface area contributed by atoms with Crippen molar-refractivity contribution >= 4 is 47.6 Å². The molecule has 370 valence electrons. The Balaban J connectivity index is 1.18. The van der Waals surface area contributed by atoms with Crippen LogP contribution in [0.5, 0.6) is 0 Å². The Hall–Kier alpha value is -7.63. The van der Waals surface area contributed by atoms with E-state index < -0.39 is 103 Å². The molecular formula is C56H50O15S. The van der Waals surface area contributed by atoms with Gasteiger partial charge in [-0.25, -0.2) is 28.8 Å². The van der Waals surface area contributed by atoms with Crippen molar-refractivity contribution in [2.24, 2.45) is 0 Å². The number of thioether (sulfide) groups is 1. The maximum absolute atomic E-state index is 14.1. The zero-order valence-electron chi connectivity index (χ0n) is 39.0. The summed E-state index contributed by atoms with van der Waals surface area (Å²) in [6.07, 6.45) is -13.0. The van der Waals surface area contributed by atoms with Gasteiger partial charge < -0.3 is 42.6 Å². The molecule has 2 saturated heterocycles. The average molecular weight is 995 g/mol. The van der Waals surface area contributed by atoms with Crippen LogP contribution in [0.25, 0.3) is 0 Å². The molecule has 0 N–H and O–H groups in total. The fourth-order valence-electron chi connectivity index (χ4n) is 8.03. The molecule has 0 radical (unpaired) electrons. The minimum absolute atomic E-state index is 0.128. The maximum Gasteiger partial charge on any atom is 0.338 e. The number of hydrogen-bond donors (Lipinski definition) is 0. The van der Waals surface area contributed by atoms with Crippen LogP contribution in [0.15, 0.2) is 182 Å². The van der Waals surface area contributed by atoms with Crippen molar-refractivity contribution < 1.29 is 71.4 Å². The molecule has 6 unspecified atom stereocenters. The van der Waals surface area contributed by atoms with Gasteiger partial charge in [0, 0.05) is 0 Å². The maximum atomic E-state index is 14.1. The molecule has 8 rings (SSSR count). The number of benzene rings is 6. The van der Waals surface area contributed by atoms with Crippen molar-refractivity contribution in [3.05, 3.63) is 215 Å². The Morgan fingerprint density at radius 2 is 0.681 bits per heavy atom. The smallest absolute Gasteiger partial charge is 0.338 e. The Bertz CT molecular complexity index is 2750. The molecule has 72 heavy (non-hydrogen) atoms. The summed E-state index contributed by atoms with van der Waals surface area (Å²) in [5.41, 5.74) is -0.0991. The molecule has 2 aliphatic heterocycles. The molecule has 15 nitrogen and oxygen atoms in total. The second-order valence-corrected chi connectivity index (χ2v) is 17.8. The Labute approximate surface area is 419 Å². The predicted octanol–water partition coefficient (Wildman–Crippen LogP) is 8.58. The highest BCUT2D eigenvalue weighted by Gasteiger charge is 2.55. The van der Waals surface area contributed by atoms with Gasteiger partial charge in [0.1, 0.15) is 11.5 Å². The van der Waals surface area contributed by atoms with Crippen molar-refractivity contribution in [1.82, 2.24) is 0 Å². The summed E-state index contributed by atoms with van der Waals surface area (Å²) < 4.78 is 56.7. The van der Waals surface area contributed by atoms with E-state index in [9.17, 15) is 28.8 Å². The lowest BCUT2D eigenvalue weighted by atomic mass is 9.97. The molecule has 2 heterocycles. The number of carbonyl (C=O) groups is 6. The van der Waals surface area contributed by atoms with Gasteiger partial charge >= 0.3 is 35.8 Å². The zero-order chi connectivity index (χ0) is 50.4. The molecule has 2 aliphatic rings. The van der Waals surface area contributed by atoms with E-state index in [4.69, 9.17) is 42.6 Å². The van der Waals surface area contributed by atoms with Gasteiger partial charge in [-0.2, -0.15) is 0 Å². The second kappa shape index (κ2) is 24.5. The molecule has 2 fully saturated rings. The number of ether oxygens (including phenoxy) is 9. The first-order chi connectivity index (χ1) is 35.1. The van der Waals surface area contributed by atoms with E-state index in [1.165, 1.54) is 48.2 Å². The minimum Gasteiger partial charge on any atom is -0.452 e. The third kappa shape index (κ3) is 12.6. The van der Waals surface area contributed by atoms with E-state index in [0.29, 0.717) is 5.75 Å². The number of hydrogen-bond acceptors (Lipinski definition) is 16. The summed E-state index contributed by atoms with van der Waals surface area (Å²) in [5.74, 6) is -4.47. The average Bonchev–Trinajstić information content (AvgIpc) is 3.42. The molecule has 6 aromatic rings. The lowest BCUT2D eigenvalue weighted by molar-refractivity contribution is -0.302. The fraction of sp³-hybridized carbons (Fsp3) is 0.250. The summed E-state index contributed by atoms with van der Waals surface area (Å²) >= 11 is 1.23. The Morgan fingerprint density at radius 1 is 0.389 bits per heavy atom. The van der Waals surface area contributed by atoms with Gasteiger partial charge in [0.25, 0.3) is 0 Å². The zero-order valence-corrected chi connectivity index (χ0v) is 39.9. The van der Waals surface area contributed by atoms with Crippen LogP contribution in [0, 0.1) is 0 Å². The van der Waals surface area contributed by atoms with Crippen molar-refractivity contribution in [2.75, 3.05) is 12.4 Å². The summed E-state index contributed by atoms with van der Waals surface area (Å²) in [6, 6.07) is 48.6. The molecule has 0 aliphatic carbocycles. The van der Waals surface area contributed by atoms with Crippen LogP contribution in [0.3, 0.4) is 0 Å². The van der Waals surface area contributed by atoms with E-state index in [1.54, 1.807) is 153 Å². The molecule has 0 bridgehead atoms. The molecule has 16 heteroatoms. The van der Waals surface area contributed by atoms with E-state index in [1.807, 2.05) is 6.92 Å². The largest absolute Gasteiger partial charge is 0.452 e. The van der Waals surface area contributed by atoms with Crippen molar-refractivity contribution in [3.8, 4) is 0 Å². The Morgan fingerprint density at radius 3 is 1.03 bits per heavy atom. The van der Waals surface area contributed by atoms with Crippen LogP contribution in [0.1, 0.15) is 76.0 Å². The van der Waals surface area contributed by atoms with Crippen LogP contribution >= 0.6 is 11.8 Å². The number of rotatable bonds is 17. The van der Waals surface area contributed by atoms with Gasteiger partial charge in [-0.15, -0.1) is 11.8 Å². The van der Waals surface area contributed by atoms with Gasteiger partial charge in [-0.3, -0.25) is 0 Å². The third-order valence-corrected chi connectivity index (χ3v) is 12.6. The highest BCUT2D eigenvalue weighted by Crippen LogP contribution is 2.37. The Kier molecular flexibility index (Phi) is 17.2. The second-order valence-electron chi connectivity index (χ2n) is 16.5. The van der Waals surface area contributed by atoms with Crippen LogP contribution in [0.2, 0.25) is 0 Å². The topological polar surface area (TPSA) is 185 Å². The normalized spacial score (nSPS) is 23.6. The first-order valence-electron chi connectivity index (χ1n) is 23.2. The first kappa shape index (κ1) is 50.7. The standard InChI is InChI=1S/C56H50O15S/c1-3-72-56-48(71-54(62)41-32-20-9-21-33-41)46(69-52(60)39-28-16-7-17-29-39)44(67-50(58)37-24-12-5-13-25-37)42(65-56)34-63-55-47(70-53(61)40-30-18-8-19-31-40)45(68-51(59)38-26-14-6-15-27-38)43(35(2)64-55)66-49(57)36-22-10-4-11-23-36/h4-33,35,42-48,55-56H,3,34H2,1-2H3/t35?,42?,43-,44-,45?,46?,47?,48?,55+,56-/m0/s1. The lowest BCUT2D eigenvalue weighted by Gasteiger charge is -2.46. The number of carbonyl (C=O) groups excluding carboxylic acids is 6. The van der Waals surface area contributed by atoms with Gasteiger partial charge in [0.2, 0.25) is 0 Å². The summed E-state index contributed by atoms with van der Waals surface area (Å²) in [5, 5.41) is 0. The van der Waals surface area contributed by atoms with E-state index in [0.717, 1.165) is 0 Å². The molecule has 6 aromatic carbocycles. The highest BCUT2D eigenvalue weighted by atomic mass is 32.2. The molecular weight excluding hydrogens is 945 g/mol. The van der Waals surface area contributed by atoms with E-state index in [-0.39, 0.29) is 33.4 Å². The monoisotopic (exact) mass is 994 g/mol. The summed E-state index contributed by atoms with van der Waals surface area (Å²) in [6.45, 7) is 2.89. The van der Waals surface area contributed by atoms with Gasteiger partial charge in [0.15, 0.2) is 42.9 Å². The molecule has 0 aromatic heterocycles. The quantitative estimate of drug-likeness (QED) is 0.0624. The van der Waals surface area contributed by atoms with Crippen LogP contribution < -0.4 is 0 Å². The molecule has 0 spiro atoms. The van der Waals surface area contributed by atoms with Crippen molar-refractivity contribution in [2.45, 2.75) is 74.4 Å². The number of esters is 6. The van der Waals surface area contributed by atoms with Crippen LogP contribution in [0.4, 0.5) is 0 Å². The lowest BCUT2D eigenvalue weighted by Crippen LogP contribution is -2.63. The van der Waals surface area contributed by atoms with Gasteiger partial charge in [-0.1, -0.05) is 116 Å². The van der Waals surface area contributed by atoms with Gasteiger partial charge in [0.05, 0.1) is 46.1 Å². The fourth-order valence-corrected chi connectivity index (χ4v) is 8.98. The summed E-state index contributed by atoms with van der Waals surface area (Å²) in [7, 11) is 0. The predicted molar refractivity (Wildman–Crippen MR) is 261 cm³/mol. The van der Waals surface area contributed by atoms with E-state index in [2.05, 4.69) is 0 Å². The highest BCUT2D eigenvalue weighted by molar-refractivity contribution is 7.99. The SMILES string of the molecule is CCS[C@@H]1OC(CO[C@@H]2OC(C)[C@H](OC(=O)c3ccccc3)C(OC(=O)c3ccccc3)C2OC(=O)c2ccccc2)[C@H](OC(=O)c2ccccc2)C(OC(=O)c2ccccc2)C1OC(=O)c1ccccc1.